The minimum absolute atomic E-state index is 0.112. The first-order valence-corrected chi connectivity index (χ1v) is 12.7. The molecule has 0 atom stereocenters. The summed E-state index contributed by atoms with van der Waals surface area (Å²) in [6, 6.07) is 16.3. The normalized spacial score (nSPS) is 10.9. The third kappa shape index (κ3) is 6.50. The van der Waals surface area contributed by atoms with E-state index in [1.54, 1.807) is 22.7 Å². The first-order valence-electron chi connectivity index (χ1n) is 10.1. The number of carbonyl (C=O) groups excluding carboxylic acids is 1. The lowest BCUT2D eigenvalue weighted by Gasteiger charge is -2.21. The maximum atomic E-state index is 13.1. The summed E-state index contributed by atoms with van der Waals surface area (Å²) >= 11 is 4.96. The Labute approximate surface area is 194 Å². The number of hydrogen-bond donors (Lipinski definition) is 0. The molecule has 0 saturated heterocycles. The molecule has 4 rings (SSSR count). The molecule has 0 unspecified atom stereocenters. The summed E-state index contributed by atoms with van der Waals surface area (Å²) < 4.78 is 5.82. The highest BCUT2D eigenvalue weighted by atomic mass is 32.1. The van der Waals surface area contributed by atoms with Crippen LogP contribution in [0.3, 0.4) is 0 Å². The second kappa shape index (κ2) is 10.7. The van der Waals surface area contributed by atoms with Gasteiger partial charge in [0.2, 0.25) is 5.91 Å². The lowest BCUT2D eigenvalue weighted by atomic mass is 10.2. The summed E-state index contributed by atoms with van der Waals surface area (Å²) in [6.45, 7) is 3.83. The predicted molar refractivity (Wildman–Crippen MR) is 129 cm³/mol. The van der Waals surface area contributed by atoms with E-state index >= 15 is 0 Å². The summed E-state index contributed by atoms with van der Waals surface area (Å²) in [4.78, 5) is 22.2. The van der Waals surface area contributed by atoms with E-state index in [4.69, 9.17) is 4.74 Å². The van der Waals surface area contributed by atoms with Gasteiger partial charge in [0.15, 0.2) is 0 Å². The van der Waals surface area contributed by atoms with Gasteiger partial charge in [-0.1, -0.05) is 29.8 Å². The fourth-order valence-electron chi connectivity index (χ4n) is 3.13. The van der Waals surface area contributed by atoms with Gasteiger partial charge in [-0.3, -0.25) is 4.79 Å². The molecule has 0 radical (unpaired) electrons. The zero-order valence-corrected chi connectivity index (χ0v) is 19.8. The number of hydrogen-bond acceptors (Lipinski definition) is 6. The summed E-state index contributed by atoms with van der Waals surface area (Å²) in [5, 5.41) is 6.98. The van der Waals surface area contributed by atoms with Crippen LogP contribution in [0.25, 0.3) is 0 Å². The molecule has 1 aromatic carbocycles. The minimum atomic E-state index is 0.112. The maximum absolute atomic E-state index is 13.1. The number of benzene rings is 1. The van der Waals surface area contributed by atoms with Crippen molar-refractivity contribution in [3.8, 4) is 5.75 Å². The Hall–Kier alpha value is -2.48. The third-order valence-corrected chi connectivity index (χ3v) is 7.47. The van der Waals surface area contributed by atoms with Gasteiger partial charge in [-0.25, -0.2) is 4.98 Å². The lowest BCUT2D eigenvalue weighted by Crippen LogP contribution is -2.33. The summed E-state index contributed by atoms with van der Waals surface area (Å²) in [6.07, 6.45) is 1.19. The molecule has 1 amide bonds. The minimum Gasteiger partial charge on any atom is -0.486 e. The molecule has 0 aliphatic rings. The van der Waals surface area contributed by atoms with Crippen LogP contribution in [0.5, 0.6) is 5.75 Å². The average Bonchev–Trinajstić information content (AvgIpc) is 3.54. The van der Waals surface area contributed by atoms with Crippen molar-refractivity contribution in [2.75, 3.05) is 6.54 Å². The van der Waals surface area contributed by atoms with Gasteiger partial charge in [-0.15, -0.1) is 34.0 Å². The van der Waals surface area contributed by atoms with E-state index in [0.29, 0.717) is 26.1 Å². The molecular weight excluding hydrogens is 444 g/mol. The van der Waals surface area contributed by atoms with E-state index in [1.807, 2.05) is 40.6 Å². The van der Waals surface area contributed by atoms with Crippen LogP contribution in [-0.2, 0) is 30.8 Å². The number of thiophene rings is 2. The molecule has 3 aromatic heterocycles. The topological polar surface area (TPSA) is 42.4 Å². The van der Waals surface area contributed by atoms with Crippen molar-refractivity contribution < 1.29 is 9.53 Å². The monoisotopic (exact) mass is 468 g/mol. The molecule has 4 nitrogen and oxygen atoms in total. The molecule has 0 spiro atoms. The number of carbonyl (C=O) groups is 1. The van der Waals surface area contributed by atoms with E-state index in [-0.39, 0.29) is 5.91 Å². The van der Waals surface area contributed by atoms with Crippen LogP contribution < -0.4 is 4.74 Å². The Kier molecular flexibility index (Phi) is 7.51. The van der Waals surface area contributed by atoms with Crippen molar-refractivity contribution in [3.05, 3.63) is 90.7 Å². The molecule has 0 fully saturated rings. The summed E-state index contributed by atoms with van der Waals surface area (Å²) in [5.74, 6) is 0.940. The van der Waals surface area contributed by atoms with Crippen molar-refractivity contribution >= 4 is 39.9 Å². The highest BCUT2D eigenvalue weighted by Crippen LogP contribution is 2.19. The van der Waals surface area contributed by atoms with Crippen LogP contribution in [0.1, 0.15) is 26.0 Å². The number of ether oxygens (including phenoxy) is 1. The molecule has 31 heavy (non-hydrogen) atoms. The maximum Gasteiger partial charge on any atom is 0.228 e. The van der Waals surface area contributed by atoms with Crippen LogP contribution in [0.15, 0.2) is 64.7 Å². The number of nitrogens with zero attached hydrogens (tertiary/aromatic N) is 2. The fourth-order valence-corrected chi connectivity index (χ4v) is 5.25. The molecule has 0 N–H and O–H groups in total. The number of aromatic nitrogens is 1. The number of aryl methyl sites for hydroxylation is 1. The number of amides is 1. The Morgan fingerprint density at radius 3 is 2.45 bits per heavy atom. The molecule has 0 aliphatic carbocycles. The molecule has 0 saturated carbocycles. The highest BCUT2D eigenvalue weighted by molar-refractivity contribution is 7.10. The number of rotatable bonds is 10. The first kappa shape index (κ1) is 21.7. The molecule has 7 heteroatoms. The average molecular weight is 469 g/mol. The molecule has 4 aromatic rings. The van der Waals surface area contributed by atoms with E-state index < -0.39 is 0 Å². The van der Waals surface area contributed by atoms with Crippen molar-refractivity contribution in [2.45, 2.75) is 32.9 Å². The van der Waals surface area contributed by atoms with Crippen LogP contribution in [0.4, 0.5) is 0 Å². The van der Waals surface area contributed by atoms with Crippen molar-refractivity contribution in [1.82, 2.24) is 9.88 Å². The van der Waals surface area contributed by atoms with Crippen molar-refractivity contribution in [3.63, 3.8) is 0 Å². The van der Waals surface area contributed by atoms with Gasteiger partial charge in [-0.2, -0.15) is 0 Å². The van der Waals surface area contributed by atoms with Crippen LogP contribution >= 0.6 is 34.0 Å². The van der Waals surface area contributed by atoms with Gasteiger partial charge in [-0.05, 0) is 48.4 Å². The predicted octanol–water partition coefficient (Wildman–Crippen LogP) is 5.97. The van der Waals surface area contributed by atoms with Crippen LogP contribution in [0.2, 0.25) is 0 Å². The van der Waals surface area contributed by atoms with Crippen molar-refractivity contribution in [1.29, 1.82) is 0 Å². The summed E-state index contributed by atoms with van der Waals surface area (Å²) in [5.41, 5.74) is 2.01. The fraction of sp³-hybridized carbons (Fsp3) is 0.250. The SMILES string of the molecule is Cc1ccc(OCc2nc(CC(=O)N(CCc3cccs3)Cc3cccs3)cs2)cc1. The zero-order chi connectivity index (χ0) is 21.5. The van der Waals surface area contributed by atoms with E-state index in [2.05, 4.69) is 40.9 Å². The smallest absolute Gasteiger partial charge is 0.228 e. The Bertz CT molecular complexity index is 1070. The molecule has 160 valence electrons. The van der Waals surface area contributed by atoms with Crippen molar-refractivity contribution in [2.24, 2.45) is 0 Å². The van der Waals surface area contributed by atoms with Gasteiger partial charge < -0.3 is 9.64 Å². The number of thiazole rings is 1. The Balaban J connectivity index is 1.35. The quantitative estimate of drug-likeness (QED) is 0.288. The largest absolute Gasteiger partial charge is 0.486 e. The first-order chi connectivity index (χ1) is 15.2. The van der Waals surface area contributed by atoms with Gasteiger partial charge in [0.05, 0.1) is 18.7 Å². The molecule has 0 aliphatic heterocycles. The molecular formula is C24H24N2O2S3. The van der Waals surface area contributed by atoms with Crippen LogP contribution in [-0.4, -0.2) is 22.3 Å². The Morgan fingerprint density at radius 2 is 1.74 bits per heavy atom. The second-order valence-electron chi connectivity index (χ2n) is 7.24. The lowest BCUT2D eigenvalue weighted by molar-refractivity contribution is -0.131. The van der Waals surface area contributed by atoms with Crippen LogP contribution in [0, 0.1) is 6.92 Å². The highest BCUT2D eigenvalue weighted by Gasteiger charge is 2.17. The van der Waals surface area contributed by atoms with E-state index in [1.165, 1.54) is 26.7 Å². The van der Waals surface area contributed by atoms with Gasteiger partial charge in [0.1, 0.15) is 17.4 Å². The molecule has 3 heterocycles. The van der Waals surface area contributed by atoms with Gasteiger partial charge in [0.25, 0.3) is 0 Å². The van der Waals surface area contributed by atoms with Gasteiger partial charge in [0, 0.05) is 21.7 Å². The second-order valence-corrected chi connectivity index (χ2v) is 10.2. The third-order valence-electron chi connectivity index (χ3n) is 4.80. The zero-order valence-electron chi connectivity index (χ0n) is 17.3. The Morgan fingerprint density at radius 1 is 1.00 bits per heavy atom. The van der Waals surface area contributed by atoms with E-state index in [0.717, 1.165) is 22.9 Å². The van der Waals surface area contributed by atoms with E-state index in [9.17, 15) is 4.79 Å². The molecule has 0 bridgehead atoms. The van der Waals surface area contributed by atoms with Gasteiger partial charge >= 0.3 is 0 Å². The summed E-state index contributed by atoms with van der Waals surface area (Å²) in [7, 11) is 0. The standard InChI is InChI=1S/C24H24N2O2S3/c1-18-6-8-20(9-7-18)28-16-23-25-19(17-31-23)14-24(27)26(15-22-5-3-13-30-22)11-10-21-4-2-12-29-21/h2-9,12-13,17H,10-11,14-16H2,1H3.